The molecule has 0 aliphatic carbocycles. The predicted molar refractivity (Wildman–Crippen MR) is 105 cm³/mol. The molecule has 0 radical (unpaired) electrons. The summed E-state index contributed by atoms with van der Waals surface area (Å²) in [6.45, 7) is 4.29. The molecule has 3 aromatic rings. The molecule has 0 fully saturated rings. The summed E-state index contributed by atoms with van der Waals surface area (Å²) >= 11 is 0. The first-order valence-electron chi connectivity index (χ1n) is 9.48. The van der Waals surface area contributed by atoms with E-state index in [1.165, 1.54) is 12.1 Å². The molecule has 8 heteroatoms. The van der Waals surface area contributed by atoms with E-state index in [0.717, 1.165) is 23.4 Å². The van der Waals surface area contributed by atoms with E-state index in [2.05, 4.69) is 10.5 Å². The molecule has 0 aliphatic heterocycles. The van der Waals surface area contributed by atoms with Crippen LogP contribution in [0.25, 0.3) is 0 Å². The van der Waals surface area contributed by atoms with Gasteiger partial charge in [-0.2, -0.15) is 0 Å². The summed E-state index contributed by atoms with van der Waals surface area (Å²) in [5.41, 5.74) is 1.17. The first kappa shape index (κ1) is 21.3. The van der Waals surface area contributed by atoms with Crippen molar-refractivity contribution in [2.75, 3.05) is 6.54 Å². The van der Waals surface area contributed by atoms with Crippen molar-refractivity contribution in [2.45, 2.75) is 33.0 Å². The number of aromatic nitrogens is 1. The van der Waals surface area contributed by atoms with Crippen LogP contribution in [0.2, 0.25) is 0 Å². The Morgan fingerprint density at radius 3 is 2.50 bits per heavy atom. The van der Waals surface area contributed by atoms with Gasteiger partial charge in [-0.25, -0.2) is 8.78 Å². The zero-order chi connectivity index (χ0) is 21.5. The maximum Gasteiger partial charge on any atom is 0.273 e. The van der Waals surface area contributed by atoms with Crippen LogP contribution in [-0.4, -0.2) is 23.7 Å². The summed E-state index contributed by atoms with van der Waals surface area (Å²) in [6, 6.07) is 12.3. The molecule has 2 aromatic carbocycles. The molecule has 1 heterocycles. The molecular formula is C22H22F2N2O4. The summed E-state index contributed by atoms with van der Waals surface area (Å²) in [5, 5.41) is 6.48. The highest BCUT2D eigenvalue weighted by Gasteiger charge is 2.13. The lowest BCUT2D eigenvalue weighted by Crippen LogP contribution is -2.25. The molecule has 30 heavy (non-hydrogen) atoms. The van der Waals surface area contributed by atoms with Gasteiger partial charge in [0.2, 0.25) is 0 Å². The van der Waals surface area contributed by atoms with Crippen molar-refractivity contribution in [1.29, 1.82) is 0 Å². The van der Waals surface area contributed by atoms with Gasteiger partial charge in [-0.3, -0.25) is 4.79 Å². The molecule has 1 amide bonds. The first-order valence-corrected chi connectivity index (χ1v) is 9.48. The van der Waals surface area contributed by atoms with Crippen molar-refractivity contribution >= 4 is 5.91 Å². The van der Waals surface area contributed by atoms with Crippen LogP contribution in [0, 0.1) is 11.6 Å². The number of hydrogen-bond donors (Lipinski definition) is 1. The van der Waals surface area contributed by atoms with Gasteiger partial charge in [0.15, 0.2) is 23.1 Å². The monoisotopic (exact) mass is 416 g/mol. The second-order valence-electron chi connectivity index (χ2n) is 6.86. The zero-order valence-electron chi connectivity index (χ0n) is 16.7. The van der Waals surface area contributed by atoms with Crippen LogP contribution < -0.4 is 14.8 Å². The van der Waals surface area contributed by atoms with E-state index in [1.807, 2.05) is 38.1 Å². The van der Waals surface area contributed by atoms with E-state index in [-0.39, 0.29) is 35.8 Å². The molecule has 158 valence electrons. The molecule has 0 spiro atoms. The number of benzene rings is 2. The van der Waals surface area contributed by atoms with Gasteiger partial charge in [-0.05, 0) is 50.1 Å². The zero-order valence-corrected chi connectivity index (χ0v) is 16.7. The third-order valence-corrected chi connectivity index (χ3v) is 4.06. The maximum atomic E-state index is 13.2. The van der Waals surface area contributed by atoms with Crippen LogP contribution in [0.15, 0.2) is 53.1 Å². The Kier molecular flexibility index (Phi) is 7.00. The molecule has 0 unspecified atom stereocenters. The van der Waals surface area contributed by atoms with Gasteiger partial charge in [0.25, 0.3) is 5.91 Å². The smallest absolute Gasteiger partial charge is 0.273 e. The molecule has 0 atom stereocenters. The van der Waals surface area contributed by atoms with Crippen LogP contribution in [-0.2, 0) is 13.0 Å². The average molecular weight is 416 g/mol. The van der Waals surface area contributed by atoms with E-state index in [0.29, 0.717) is 13.0 Å². The highest BCUT2D eigenvalue weighted by molar-refractivity contribution is 5.92. The highest BCUT2D eigenvalue weighted by atomic mass is 19.2. The van der Waals surface area contributed by atoms with Gasteiger partial charge in [0.05, 0.1) is 6.10 Å². The molecule has 1 aromatic heterocycles. The van der Waals surface area contributed by atoms with Gasteiger partial charge in [0, 0.05) is 18.7 Å². The number of ether oxygens (including phenoxy) is 2. The average Bonchev–Trinajstić information content (AvgIpc) is 3.19. The second-order valence-corrected chi connectivity index (χ2v) is 6.86. The molecule has 0 bridgehead atoms. The minimum atomic E-state index is -1.01. The van der Waals surface area contributed by atoms with Crippen LogP contribution in [0.4, 0.5) is 8.78 Å². The number of rotatable bonds is 9. The molecule has 0 aliphatic rings. The minimum absolute atomic E-state index is 0.0733. The standard InChI is InChI=1S/C22H22F2N2O4/c1-14(2)29-16-5-3-15(4-6-16)9-10-25-22(27)21-12-18(30-26-21)13-28-17-7-8-19(23)20(24)11-17/h3-8,11-12,14H,9-10,13H2,1-2H3,(H,25,27). The maximum absolute atomic E-state index is 13.2. The summed E-state index contributed by atoms with van der Waals surface area (Å²) < 4.78 is 42.1. The van der Waals surface area contributed by atoms with Gasteiger partial charge < -0.3 is 19.3 Å². The van der Waals surface area contributed by atoms with Crippen molar-refractivity contribution < 1.29 is 27.6 Å². The lowest BCUT2D eigenvalue weighted by Gasteiger charge is -2.10. The van der Waals surface area contributed by atoms with Crippen molar-refractivity contribution in [1.82, 2.24) is 10.5 Å². The third-order valence-electron chi connectivity index (χ3n) is 4.06. The quantitative estimate of drug-likeness (QED) is 0.563. The molecule has 1 N–H and O–H groups in total. The van der Waals surface area contributed by atoms with E-state index in [9.17, 15) is 13.6 Å². The predicted octanol–water partition coefficient (Wildman–Crippen LogP) is 4.29. The summed E-state index contributed by atoms with van der Waals surface area (Å²) in [4.78, 5) is 12.2. The van der Waals surface area contributed by atoms with E-state index < -0.39 is 11.6 Å². The topological polar surface area (TPSA) is 73.6 Å². The fourth-order valence-corrected chi connectivity index (χ4v) is 2.63. The molecule has 3 rings (SSSR count). The summed E-state index contributed by atoms with van der Waals surface area (Å²) in [7, 11) is 0. The number of hydrogen-bond acceptors (Lipinski definition) is 5. The van der Waals surface area contributed by atoms with E-state index >= 15 is 0 Å². The minimum Gasteiger partial charge on any atom is -0.491 e. The Morgan fingerprint density at radius 2 is 1.80 bits per heavy atom. The van der Waals surface area contributed by atoms with Gasteiger partial charge >= 0.3 is 0 Å². The third kappa shape index (κ3) is 6.04. The van der Waals surface area contributed by atoms with Crippen LogP contribution in [0.1, 0.15) is 35.7 Å². The number of nitrogens with one attached hydrogen (secondary N) is 1. The van der Waals surface area contributed by atoms with Crippen LogP contribution >= 0.6 is 0 Å². The summed E-state index contributed by atoms with van der Waals surface area (Å²) in [5.74, 6) is -1.11. The molecular weight excluding hydrogens is 394 g/mol. The molecule has 0 saturated heterocycles. The fourth-order valence-electron chi connectivity index (χ4n) is 2.63. The van der Waals surface area contributed by atoms with Crippen molar-refractivity contribution in [3.8, 4) is 11.5 Å². The van der Waals surface area contributed by atoms with Gasteiger partial charge in [-0.15, -0.1) is 0 Å². The van der Waals surface area contributed by atoms with Crippen molar-refractivity contribution in [3.05, 3.63) is 77.2 Å². The van der Waals surface area contributed by atoms with Crippen molar-refractivity contribution in [2.24, 2.45) is 0 Å². The summed E-state index contributed by atoms with van der Waals surface area (Å²) in [6.07, 6.45) is 0.766. The number of carbonyl (C=O) groups is 1. The molecule has 0 saturated carbocycles. The van der Waals surface area contributed by atoms with Gasteiger partial charge in [-0.1, -0.05) is 17.3 Å². The number of halogens is 2. The number of carbonyl (C=O) groups excluding carboxylic acids is 1. The van der Waals surface area contributed by atoms with Crippen LogP contribution in [0.3, 0.4) is 0 Å². The lowest BCUT2D eigenvalue weighted by atomic mass is 10.1. The highest BCUT2D eigenvalue weighted by Crippen LogP contribution is 2.17. The molecule has 6 nitrogen and oxygen atoms in total. The Labute approximate surface area is 172 Å². The SMILES string of the molecule is CC(C)Oc1ccc(CCNC(=O)c2cc(COc3ccc(F)c(F)c3)on2)cc1. The van der Waals surface area contributed by atoms with E-state index in [4.69, 9.17) is 14.0 Å². The number of nitrogens with zero attached hydrogens (tertiary/aromatic N) is 1. The lowest BCUT2D eigenvalue weighted by molar-refractivity contribution is 0.0944. The largest absolute Gasteiger partial charge is 0.491 e. The van der Waals surface area contributed by atoms with Crippen LogP contribution in [0.5, 0.6) is 11.5 Å². The Hall–Kier alpha value is -3.42. The Bertz CT molecular complexity index is 987. The van der Waals surface area contributed by atoms with Gasteiger partial charge in [0.1, 0.15) is 18.1 Å². The Morgan fingerprint density at radius 1 is 1.07 bits per heavy atom. The normalized spacial score (nSPS) is 10.8. The van der Waals surface area contributed by atoms with E-state index in [1.54, 1.807) is 0 Å². The first-order chi connectivity index (χ1) is 14.4. The second kappa shape index (κ2) is 9.87. The Balaban J connectivity index is 1.44. The number of amides is 1. The van der Waals surface area contributed by atoms with Crippen molar-refractivity contribution in [3.63, 3.8) is 0 Å². The fraction of sp³-hybridized carbons (Fsp3) is 0.273.